The molecule has 0 radical (unpaired) electrons. The van der Waals surface area contributed by atoms with Crippen LogP contribution in [0, 0.1) is 0 Å². The standard InChI is InChI=1S/C22H25N3O3/c1-4-15-5-11-18(12-6-15)23-19(26)13-25-21(27)20(24-22(25)28)17-9-7-16(8-10-17)14(2)3/h5-12,14,20H,4,13H2,1-3H3,(H,23,26)(H,24,28)/t20-/m0/s1. The van der Waals surface area contributed by atoms with Crippen LogP contribution in [-0.4, -0.2) is 29.3 Å². The Kier molecular flexibility index (Phi) is 5.78. The van der Waals surface area contributed by atoms with Crippen LogP contribution in [0.4, 0.5) is 10.5 Å². The van der Waals surface area contributed by atoms with Gasteiger partial charge in [0.2, 0.25) is 5.91 Å². The molecule has 1 aliphatic rings. The first-order valence-electron chi connectivity index (χ1n) is 9.49. The van der Waals surface area contributed by atoms with E-state index in [9.17, 15) is 14.4 Å². The number of benzene rings is 2. The predicted molar refractivity (Wildman–Crippen MR) is 108 cm³/mol. The van der Waals surface area contributed by atoms with E-state index >= 15 is 0 Å². The summed E-state index contributed by atoms with van der Waals surface area (Å²) in [7, 11) is 0. The van der Waals surface area contributed by atoms with Gasteiger partial charge in [0.1, 0.15) is 12.6 Å². The number of nitrogens with one attached hydrogen (secondary N) is 2. The molecule has 1 aliphatic heterocycles. The maximum absolute atomic E-state index is 12.7. The Labute approximate surface area is 164 Å². The lowest BCUT2D eigenvalue weighted by Crippen LogP contribution is -2.38. The van der Waals surface area contributed by atoms with Crippen LogP contribution in [0.1, 0.15) is 49.4 Å². The molecule has 2 aromatic rings. The molecule has 0 aliphatic carbocycles. The van der Waals surface area contributed by atoms with Crippen molar-refractivity contribution in [2.45, 2.75) is 39.2 Å². The van der Waals surface area contributed by atoms with Crippen molar-refractivity contribution in [2.75, 3.05) is 11.9 Å². The van der Waals surface area contributed by atoms with Gasteiger partial charge in [-0.15, -0.1) is 0 Å². The number of urea groups is 1. The molecular formula is C22H25N3O3. The predicted octanol–water partition coefficient (Wildman–Crippen LogP) is 3.60. The fourth-order valence-corrected chi connectivity index (χ4v) is 3.14. The number of carbonyl (C=O) groups excluding carboxylic acids is 3. The SMILES string of the molecule is CCc1ccc(NC(=O)CN2C(=O)N[C@@H](c3ccc(C(C)C)cc3)C2=O)cc1. The summed E-state index contributed by atoms with van der Waals surface area (Å²) >= 11 is 0. The lowest BCUT2D eigenvalue weighted by Gasteiger charge is -2.14. The van der Waals surface area contributed by atoms with Crippen LogP contribution in [0.15, 0.2) is 48.5 Å². The maximum atomic E-state index is 12.7. The Morgan fingerprint density at radius 1 is 1.07 bits per heavy atom. The summed E-state index contributed by atoms with van der Waals surface area (Å²) in [5.74, 6) is -0.447. The zero-order chi connectivity index (χ0) is 20.3. The van der Waals surface area contributed by atoms with Crippen molar-refractivity contribution >= 4 is 23.5 Å². The lowest BCUT2D eigenvalue weighted by atomic mass is 9.99. The number of rotatable bonds is 6. The van der Waals surface area contributed by atoms with Gasteiger partial charge in [-0.2, -0.15) is 0 Å². The molecule has 1 fully saturated rings. The molecular weight excluding hydrogens is 354 g/mol. The lowest BCUT2D eigenvalue weighted by molar-refractivity contribution is -0.130. The quantitative estimate of drug-likeness (QED) is 0.753. The van der Waals surface area contributed by atoms with E-state index < -0.39 is 23.9 Å². The molecule has 3 rings (SSSR count). The topological polar surface area (TPSA) is 78.5 Å². The van der Waals surface area contributed by atoms with Gasteiger partial charge >= 0.3 is 6.03 Å². The van der Waals surface area contributed by atoms with Gasteiger partial charge in [0.05, 0.1) is 0 Å². The second-order valence-corrected chi connectivity index (χ2v) is 7.23. The minimum absolute atomic E-state index is 0.319. The zero-order valence-electron chi connectivity index (χ0n) is 16.4. The van der Waals surface area contributed by atoms with Crippen molar-refractivity contribution in [1.82, 2.24) is 10.2 Å². The average Bonchev–Trinajstić information content (AvgIpc) is 2.97. The van der Waals surface area contributed by atoms with Crippen molar-refractivity contribution in [3.8, 4) is 0 Å². The number of carbonyl (C=O) groups is 3. The first-order valence-corrected chi connectivity index (χ1v) is 9.49. The van der Waals surface area contributed by atoms with E-state index in [1.165, 1.54) is 5.56 Å². The summed E-state index contributed by atoms with van der Waals surface area (Å²) < 4.78 is 0. The van der Waals surface area contributed by atoms with Crippen molar-refractivity contribution in [3.05, 3.63) is 65.2 Å². The van der Waals surface area contributed by atoms with Crippen molar-refractivity contribution < 1.29 is 14.4 Å². The molecule has 4 amide bonds. The number of aryl methyl sites for hydroxylation is 1. The number of hydrogen-bond acceptors (Lipinski definition) is 3. The van der Waals surface area contributed by atoms with Crippen LogP contribution >= 0.6 is 0 Å². The van der Waals surface area contributed by atoms with Crippen LogP contribution < -0.4 is 10.6 Å². The minimum Gasteiger partial charge on any atom is -0.325 e. The maximum Gasteiger partial charge on any atom is 0.325 e. The number of hydrogen-bond donors (Lipinski definition) is 2. The van der Waals surface area contributed by atoms with Crippen molar-refractivity contribution in [1.29, 1.82) is 0 Å². The number of nitrogens with zero attached hydrogens (tertiary/aromatic N) is 1. The Hall–Kier alpha value is -3.15. The smallest absolute Gasteiger partial charge is 0.325 e. The Bertz CT molecular complexity index is 873. The number of anilines is 1. The molecule has 1 atom stereocenters. The highest BCUT2D eigenvalue weighted by molar-refractivity contribution is 6.08. The fourth-order valence-electron chi connectivity index (χ4n) is 3.14. The van der Waals surface area contributed by atoms with Gasteiger partial charge in [-0.05, 0) is 41.2 Å². The summed E-state index contributed by atoms with van der Waals surface area (Å²) in [6, 6.07) is 13.8. The first kappa shape index (κ1) is 19.6. The highest BCUT2D eigenvalue weighted by atomic mass is 16.2. The minimum atomic E-state index is -0.759. The van der Waals surface area contributed by atoms with Crippen LogP contribution in [0.2, 0.25) is 0 Å². The molecule has 0 saturated carbocycles. The van der Waals surface area contributed by atoms with Gasteiger partial charge in [0.25, 0.3) is 5.91 Å². The van der Waals surface area contributed by atoms with Crippen LogP contribution in [-0.2, 0) is 16.0 Å². The molecule has 6 heteroatoms. The van der Waals surface area contributed by atoms with E-state index in [4.69, 9.17) is 0 Å². The largest absolute Gasteiger partial charge is 0.325 e. The highest BCUT2D eigenvalue weighted by Gasteiger charge is 2.39. The Balaban J connectivity index is 1.65. The van der Waals surface area contributed by atoms with E-state index in [1.54, 1.807) is 0 Å². The van der Waals surface area contributed by atoms with E-state index in [-0.39, 0.29) is 6.54 Å². The fraction of sp³-hybridized carbons (Fsp3) is 0.318. The molecule has 1 heterocycles. The van der Waals surface area contributed by atoms with Gasteiger partial charge in [0, 0.05) is 5.69 Å². The van der Waals surface area contributed by atoms with E-state index in [1.807, 2.05) is 48.5 Å². The first-order chi connectivity index (χ1) is 13.4. The molecule has 6 nitrogen and oxygen atoms in total. The van der Waals surface area contributed by atoms with Crippen LogP contribution in [0.25, 0.3) is 0 Å². The monoisotopic (exact) mass is 379 g/mol. The summed E-state index contributed by atoms with van der Waals surface area (Å²) in [5, 5.41) is 5.38. The molecule has 2 aromatic carbocycles. The van der Waals surface area contributed by atoms with E-state index in [0.717, 1.165) is 16.9 Å². The normalized spacial score (nSPS) is 16.4. The molecule has 0 bridgehead atoms. The summed E-state index contributed by atoms with van der Waals surface area (Å²) in [6.45, 7) is 5.92. The van der Waals surface area contributed by atoms with Gasteiger partial charge < -0.3 is 10.6 Å². The van der Waals surface area contributed by atoms with Gasteiger partial charge in [-0.3, -0.25) is 14.5 Å². The molecule has 146 valence electrons. The molecule has 28 heavy (non-hydrogen) atoms. The van der Waals surface area contributed by atoms with Crippen LogP contribution in [0.5, 0.6) is 0 Å². The van der Waals surface area contributed by atoms with Crippen molar-refractivity contribution in [2.24, 2.45) is 0 Å². The Morgan fingerprint density at radius 3 is 2.29 bits per heavy atom. The molecule has 0 spiro atoms. The second kappa shape index (κ2) is 8.25. The third kappa shape index (κ3) is 4.22. The Morgan fingerprint density at radius 2 is 1.71 bits per heavy atom. The number of amides is 4. The highest BCUT2D eigenvalue weighted by Crippen LogP contribution is 2.24. The summed E-state index contributed by atoms with van der Waals surface area (Å²) in [4.78, 5) is 38.1. The van der Waals surface area contributed by atoms with Gasteiger partial charge in [0.15, 0.2) is 0 Å². The number of imide groups is 1. The third-order valence-electron chi connectivity index (χ3n) is 4.91. The molecule has 2 N–H and O–H groups in total. The molecule has 0 aromatic heterocycles. The zero-order valence-corrected chi connectivity index (χ0v) is 16.4. The summed E-state index contributed by atoms with van der Waals surface area (Å²) in [6.07, 6.45) is 0.913. The van der Waals surface area contributed by atoms with Crippen LogP contribution in [0.3, 0.4) is 0 Å². The van der Waals surface area contributed by atoms with E-state index in [0.29, 0.717) is 17.2 Å². The third-order valence-corrected chi connectivity index (χ3v) is 4.91. The molecule has 0 unspecified atom stereocenters. The molecule has 1 saturated heterocycles. The van der Waals surface area contributed by atoms with Gasteiger partial charge in [-0.25, -0.2) is 4.79 Å². The van der Waals surface area contributed by atoms with Crippen molar-refractivity contribution in [3.63, 3.8) is 0 Å². The van der Waals surface area contributed by atoms with Gasteiger partial charge in [-0.1, -0.05) is 57.2 Å². The summed E-state index contributed by atoms with van der Waals surface area (Å²) in [5.41, 5.74) is 3.67. The second-order valence-electron chi connectivity index (χ2n) is 7.23. The average molecular weight is 379 g/mol. The van der Waals surface area contributed by atoms with E-state index in [2.05, 4.69) is 31.4 Å².